The number of hydrogen-bond donors (Lipinski definition) is 0. The minimum absolute atomic E-state index is 0.303. The summed E-state index contributed by atoms with van der Waals surface area (Å²) in [5.74, 6) is 1.83. The molecule has 0 saturated heterocycles. The first-order valence-electron chi connectivity index (χ1n) is 7.76. The van der Waals surface area contributed by atoms with Crippen molar-refractivity contribution < 1.29 is 23.7 Å². The van der Waals surface area contributed by atoms with Crippen LogP contribution < -0.4 is 18.9 Å². The van der Waals surface area contributed by atoms with Crippen molar-refractivity contribution in [1.82, 2.24) is 0 Å². The molecular formula is C19H19ClO5. The van der Waals surface area contributed by atoms with Crippen LogP contribution in [0.5, 0.6) is 28.7 Å². The summed E-state index contributed by atoms with van der Waals surface area (Å²) in [6, 6.07) is 1.85. The monoisotopic (exact) mass is 362 g/mol. The number of halogens is 1. The Morgan fingerprint density at radius 2 is 1.56 bits per heavy atom. The SMILES string of the molecule is COc1cc(C)c2c(c1C)OC(=O)c1c(C)c(Cl)c(OC)c(C)c1O2. The van der Waals surface area contributed by atoms with E-state index in [1.165, 1.54) is 7.11 Å². The smallest absolute Gasteiger partial charge is 0.347 e. The number of methoxy groups -OCH3 is 2. The lowest BCUT2D eigenvalue weighted by Crippen LogP contribution is -2.11. The Balaban J connectivity index is 2.34. The Morgan fingerprint density at radius 1 is 0.880 bits per heavy atom. The van der Waals surface area contributed by atoms with E-state index in [-0.39, 0.29) is 0 Å². The molecule has 0 bridgehead atoms. The van der Waals surface area contributed by atoms with Crippen molar-refractivity contribution in [1.29, 1.82) is 0 Å². The van der Waals surface area contributed by atoms with Gasteiger partial charge in [0, 0.05) is 11.1 Å². The maximum atomic E-state index is 12.8. The fourth-order valence-electron chi connectivity index (χ4n) is 3.06. The van der Waals surface area contributed by atoms with Gasteiger partial charge in [-0.2, -0.15) is 0 Å². The van der Waals surface area contributed by atoms with Crippen molar-refractivity contribution in [2.45, 2.75) is 27.7 Å². The van der Waals surface area contributed by atoms with E-state index in [0.29, 0.717) is 56.0 Å². The number of esters is 1. The quantitative estimate of drug-likeness (QED) is 0.561. The van der Waals surface area contributed by atoms with Gasteiger partial charge in [-0.25, -0.2) is 4.79 Å². The van der Waals surface area contributed by atoms with Crippen LogP contribution in [-0.4, -0.2) is 20.2 Å². The molecular weight excluding hydrogens is 344 g/mol. The topological polar surface area (TPSA) is 54.0 Å². The second-order valence-corrected chi connectivity index (χ2v) is 6.35. The Morgan fingerprint density at radius 3 is 2.16 bits per heavy atom. The summed E-state index contributed by atoms with van der Waals surface area (Å²) < 4.78 is 22.6. The first-order chi connectivity index (χ1) is 11.8. The van der Waals surface area contributed by atoms with E-state index in [1.54, 1.807) is 21.0 Å². The molecule has 1 heterocycles. The number of fused-ring (bicyclic) bond motifs is 2. The number of carbonyl (C=O) groups is 1. The highest BCUT2D eigenvalue weighted by Gasteiger charge is 2.32. The van der Waals surface area contributed by atoms with Gasteiger partial charge in [0.25, 0.3) is 0 Å². The number of benzene rings is 2. The van der Waals surface area contributed by atoms with Gasteiger partial charge in [-0.15, -0.1) is 0 Å². The highest BCUT2D eigenvalue weighted by atomic mass is 35.5. The van der Waals surface area contributed by atoms with Gasteiger partial charge in [0.15, 0.2) is 11.5 Å². The van der Waals surface area contributed by atoms with Gasteiger partial charge in [0.1, 0.15) is 22.8 Å². The summed E-state index contributed by atoms with van der Waals surface area (Å²) in [4.78, 5) is 12.8. The number of rotatable bonds is 2. The van der Waals surface area contributed by atoms with Crippen molar-refractivity contribution in [2.75, 3.05) is 14.2 Å². The average molecular weight is 363 g/mol. The summed E-state index contributed by atoms with van der Waals surface area (Å²) in [7, 11) is 3.10. The number of carbonyl (C=O) groups excluding carboxylic acids is 1. The Kier molecular flexibility index (Phi) is 4.29. The predicted octanol–water partition coefficient (Wildman–Crippen LogP) is 4.92. The molecule has 0 atom stereocenters. The molecule has 1 aliphatic rings. The standard InChI is InChI=1S/C19H19ClO5/c1-8-7-12(22-5)9(2)18-15(8)24-16-11(4)17(23-6)14(20)10(3)13(16)19(21)25-18/h7H,1-6H3. The summed E-state index contributed by atoms with van der Waals surface area (Å²) >= 11 is 6.37. The third kappa shape index (κ3) is 2.50. The Bertz CT molecular complexity index is 902. The van der Waals surface area contributed by atoms with Crippen LogP contribution in [0.1, 0.15) is 32.6 Å². The highest BCUT2D eigenvalue weighted by Crippen LogP contribution is 2.50. The zero-order valence-corrected chi connectivity index (χ0v) is 15.8. The number of aryl methyl sites for hydroxylation is 1. The second-order valence-electron chi connectivity index (χ2n) is 5.97. The third-order valence-electron chi connectivity index (χ3n) is 4.46. The fourth-order valence-corrected chi connectivity index (χ4v) is 3.37. The normalized spacial score (nSPS) is 12.5. The van der Waals surface area contributed by atoms with Crippen LogP contribution in [0.4, 0.5) is 0 Å². The van der Waals surface area contributed by atoms with Gasteiger partial charge in [0.05, 0.1) is 19.2 Å². The van der Waals surface area contributed by atoms with Gasteiger partial charge >= 0.3 is 5.97 Å². The molecule has 1 aliphatic heterocycles. The van der Waals surface area contributed by atoms with Crippen LogP contribution in [0.2, 0.25) is 5.02 Å². The van der Waals surface area contributed by atoms with E-state index >= 15 is 0 Å². The zero-order valence-electron chi connectivity index (χ0n) is 15.0. The van der Waals surface area contributed by atoms with E-state index in [2.05, 4.69) is 0 Å². The summed E-state index contributed by atoms with van der Waals surface area (Å²) in [5, 5.41) is 0.372. The van der Waals surface area contributed by atoms with Gasteiger partial charge in [0.2, 0.25) is 0 Å². The first-order valence-corrected chi connectivity index (χ1v) is 8.14. The first kappa shape index (κ1) is 17.4. The van der Waals surface area contributed by atoms with E-state index in [0.717, 1.165) is 5.56 Å². The molecule has 5 nitrogen and oxygen atoms in total. The highest BCUT2D eigenvalue weighted by molar-refractivity contribution is 6.33. The molecule has 2 aromatic carbocycles. The van der Waals surface area contributed by atoms with Crippen molar-refractivity contribution in [3.05, 3.63) is 38.9 Å². The van der Waals surface area contributed by atoms with Crippen molar-refractivity contribution in [3.63, 3.8) is 0 Å². The maximum Gasteiger partial charge on any atom is 0.347 e. The zero-order chi connectivity index (χ0) is 18.5. The lowest BCUT2D eigenvalue weighted by atomic mass is 10.0. The van der Waals surface area contributed by atoms with Crippen LogP contribution in [0, 0.1) is 27.7 Å². The minimum atomic E-state index is -0.519. The molecule has 0 fully saturated rings. The number of hydrogen-bond acceptors (Lipinski definition) is 5. The molecule has 25 heavy (non-hydrogen) atoms. The molecule has 3 rings (SSSR count). The lowest BCUT2D eigenvalue weighted by molar-refractivity contribution is 0.0735. The van der Waals surface area contributed by atoms with Gasteiger partial charge in [-0.05, 0) is 44.9 Å². The van der Waals surface area contributed by atoms with Gasteiger partial charge in [-0.1, -0.05) is 11.6 Å². The molecule has 0 saturated carbocycles. The van der Waals surface area contributed by atoms with Crippen LogP contribution in [0.15, 0.2) is 6.07 Å². The Labute approximate surface area is 151 Å². The van der Waals surface area contributed by atoms with Gasteiger partial charge < -0.3 is 18.9 Å². The number of ether oxygens (including phenoxy) is 4. The molecule has 0 N–H and O–H groups in total. The summed E-state index contributed by atoms with van der Waals surface area (Å²) in [6.07, 6.45) is 0. The summed E-state index contributed by atoms with van der Waals surface area (Å²) in [6.45, 7) is 7.23. The maximum absolute atomic E-state index is 12.8. The molecule has 0 aromatic heterocycles. The Hall–Kier alpha value is -2.40. The largest absolute Gasteiger partial charge is 0.496 e. The minimum Gasteiger partial charge on any atom is -0.496 e. The second kappa shape index (κ2) is 6.15. The molecule has 6 heteroatoms. The molecule has 0 amide bonds. The fraction of sp³-hybridized carbons (Fsp3) is 0.316. The van der Waals surface area contributed by atoms with E-state index in [9.17, 15) is 4.79 Å². The molecule has 0 radical (unpaired) electrons. The third-order valence-corrected chi connectivity index (χ3v) is 4.92. The van der Waals surface area contributed by atoms with Crippen molar-refractivity contribution in [2.24, 2.45) is 0 Å². The molecule has 0 unspecified atom stereocenters. The van der Waals surface area contributed by atoms with E-state index in [1.807, 2.05) is 19.9 Å². The molecule has 0 aliphatic carbocycles. The lowest BCUT2D eigenvalue weighted by Gasteiger charge is -2.18. The van der Waals surface area contributed by atoms with Crippen LogP contribution in [0.3, 0.4) is 0 Å². The molecule has 0 spiro atoms. The van der Waals surface area contributed by atoms with Crippen LogP contribution in [-0.2, 0) is 0 Å². The van der Waals surface area contributed by atoms with Crippen LogP contribution in [0.25, 0.3) is 0 Å². The van der Waals surface area contributed by atoms with E-state index in [4.69, 9.17) is 30.5 Å². The summed E-state index contributed by atoms with van der Waals surface area (Å²) in [5.41, 5.74) is 2.99. The van der Waals surface area contributed by atoms with Crippen molar-refractivity contribution >= 4 is 17.6 Å². The molecule has 2 aromatic rings. The van der Waals surface area contributed by atoms with Crippen molar-refractivity contribution in [3.8, 4) is 28.7 Å². The average Bonchev–Trinajstić information content (AvgIpc) is 2.74. The predicted molar refractivity (Wildman–Crippen MR) is 95.0 cm³/mol. The molecule has 132 valence electrons. The van der Waals surface area contributed by atoms with Crippen LogP contribution >= 0.6 is 11.6 Å². The van der Waals surface area contributed by atoms with Gasteiger partial charge in [-0.3, -0.25) is 0 Å². The van der Waals surface area contributed by atoms with E-state index < -0.39 is 5.97 Å².